The predicted molar refractivity (Wildman–Crippen MR) is 91.8 cm³/mol. The largest absolute Gasteiger partial charge is 0.395 e. The van der Waals surface area contributed by atoms with Crippen molar-refractivity contribution in [3.63, 3.8) is 0 Å². The van der Waals surface area contributed by atoms with Gasteiger partial charge in [-0.2, -0.15) is 0 Å². The van der Waals surface area contributed by atoms with Gasteiger partial charge in [0, 0.05) is 13.1 Å². The molecule has 0 bridgehead atoms. The SMILES string of the molecule is CC(NC(=O)CN(CCO)Cc1ccccc1)c1ccccc1. The lowest BCUT2D eigenvalue weighted by atomic mass is 10.1. The topological polar surface area (TPSA) is 52.6 Å². The van der Waals surface area contributed by atoms with Crippen molar-refractivity contribution in [1.82, 2.24) is 10.2 Å². The van der Waals surface area contributed by atoms with Crippen molar-refractivity contribution in [1.29, 1.82) is 0 Å². The number of nitrogens with zero attached hydrogens (tertiary/aromatic N) is 1. The Morgan fingerprint density at radius 2 is 1.70 bits per heavy atom. The molecule has 0 aliphatic rings. The van der Waals surface area contributed by atoms with Crippen LogP contribution in [0.25, 0.3) is 0 Å². The van der Waals surface area contributed by atoms with Crippen molar-refractivity contribution in [3.8, 4) is 0 Å². The highest BCUT2D eigenvalue weighted by molar-refractivity contribution is 5.78. The van der Waals surface area contributed by atoms with E-state index in [2.05, 4.69) is 5.32 Å². The summed E-state index contributed by atoms with van der Waals surface area (Å²) in [4.78, 5) is 14.2. The van der Waals surface area contributed by atoms with Crippen molar-refractivity contribution >= 4 is 5.91 Å². The van der Waals surface area contributed by atoms with E-state index in [-0.39, 0.29) is 25.1 Å². The molecule has 0 aliphatic heterocycles. The highest BCUT2D eigenvalue weighted by Crippen LogP contribution is 2.11. The van der Waals surface area contributed by atoms with E-state index < -0.39 is 0 Å². The molecule has 4 nitrogen and oxygen atoms in total. The number of nitrogens with one attached hydrogen (secondary N) is 1. The molecule has 1 amide bonds. The third kappa shape index (κ3) is 5.85. The van der Waals surface area contributed by atoms with Crippen molar-refractivity contribution in [2.24, 2.45) is 0 Å². The highest BCUT2D eigenvalue weighted by Gasteiger charge is 2.14. The summed E-state index contributed by atoms with van der Waals surface area (Å²) in [6.07, 6.45) is 0. The fraction of sp³-hybridized carbons (Fsp3) is 0.316. The van der Waals surface area contributed by atoms with E-state index in [1.54, 1.807) is 0 Å². The van der Waals surface area contributed by atoms with Gasteiger partial charge in [0.1, 0.15) is 0 Å². The zero-order valence-corrected chi connectivity index (χ0v) is 13.5. The number of hydrogen-bond donors (Lipinski definition) is 2. The average Bonchev–Trinajstić information content (AvgIpc) is 2.56. The molecule has 2 aromatic rings. The van der Waals surface area contributed by atoms with Crippen LogP contribution in [0.2, 0.25) is 0 Å². The van der Waals surface area contributed by atoms with Crippen molar-refractivity contribution < 1.29 is 9.90 Å². The number of hydrogen-bond acceptors (Lipinski definition) is 3. The van der Waals surface area contributed by atoms with Gasteiger partial charge in [0.05, 0.1) is 19.2 Å². The van der Waals surface area contributed by atoms with Crippen molar-refractivity contribution in [2.75, 3.05) is 19.7 Å². The summed E-state index contributed by atoms with van der Waals surface area (Å²) >= 11 is 0. The maximum absolute atomic E-state index is 12.3. The summed E-state index contributed by atoms with van der Waals surface area (Å²) in [5.74, 6) is -0.0364. The average molecular weight is 312 g/mol. The first-order chi connectivity index (χ1) is 11.2. The fourth-order valence-corrected chi connectivity index (χ4v) is 2.51. The molecule has 0 saturated heterocycles. The Labute approximate surface area is 137 Å². The van der Waals surface area contributed by atoms with Crippen LogP contribution in [-0.2, 0) is 11.3 Å². The molecular formula is C19H24N2O2. The van der Waals surface area contributed by atoms with Crippen LogP contribution >= 0.6 is 0 Å². The summed E-state index contributed by atoms with van der Waals surface area (Å²) in [5, 5.41) is 12.2. The van der Waals surface area contributed by atoms with E-state index in [0.717, 1.165) is 11.1 Å². The molecule has 2 rings (SSSR count). The molecule has 0 radical (unpaired) electrons. The van der Waals surface area contributed by atoms with Crippen LogP contribution in [0, 0.1) is 0 Å². The number of benzene rings is 2. The Morgan fingerprint density at radius 1 is 1.09 bits per heavy atom. The van der Waals surface area contributed by atoms with Gasteiger partial charge in [-0.05, 0) is 18.1 Å². The van der Waals surface area contributed by atoms with Gasteiger partial charge in [-0.15, -0.1) is 0 Å². The molecule has 0 aliphatic carbocycles. The molecule has 0 spiro atoms. The molecule has 2 N–H and O–H groups in total. The van der Waals surface area contributed by atoms with E-state index in [1.165, 1.54) is 0 Å². The number of carbonyl (C=O) groups excluding carboxylic acids is 1. The fourth-order valence-electron chi connectivity index (χ4n) is 2.51. The summed E-state index contributed by atoms with van der Waals surface area (Å²) in [5.41, 5.74) is 2.21. The second kappa shape index (κ2) is 9.08. The Hall–Kier alpha value is -2.17. The third-order valence-electron chi connectivity index (χ3n) is 3.71. The molecule has 0 aromatic heterocycles. The molecule has 4 heteroatoms. The summed E-state index contributed by atoms with van der Waals surface area (Å²) in [6.45, 7) is 3.40. The number of aliphatic hydroxyl groups is 1. The molecule has 23 heavy (non-hydrogen) atoms. The normalized spacial score (nSPS) is 12.1. The lowest BCUT2D eigenvalue weighted by Crippen LogP contribution is -2.39. The minimum atomic E-state index is -0.0364. The minimum absolute atomic E-state index is 0.0311. The van der Waals surface area contributed by atoms with Gasteiger partial charge in [-0.3, -0.25) is 9.69 Å². The van der Waals surface area contributed by atoms with Gasteiger partial charge in [-0.1, -0.05) is 60.7 Å². The monoisotopic (exact) mass is 312 g/mol. The molecule has 1 unspecified atom stereocenters. The van der Waals surface area contributed by atoms with Crippen molar-refractivity contribution in [3.05, 3.63) is 71.8 Å². The van der Waals surface area contributed by atoms with E-state index in [0.29, 0.717) is 13.1 Å². The van der Waals surface area contributed by atoms with Gasteiger partial charge in [0.2, 0.25) is 5.91 Å². The first-order valence-electron chi connectivity index (χ1n) is 7.90. The number of amides is 1. The first kappa shape index (κ1) is 17.2. The quantitative estimate of drug-likeness (QED) is 0.787. The second-order valence-corrected chi connectivity index (χ2v) is 5.62. The van der Waals surface area contributed by atoms with Crippen LogP contribution in [0.5, 0.6) is 0 Å². The van der Waals surface area contributed by atoms with Crippen molar-refractivity contribution in [2.45, 2.75) is 19.5 Å². The van der Waals surface area contributed by atoms with E-state index in [1.807, 2.05) is 72.5 Å². The van der Waals surface area contributed by atoms with Gasteiger partial charge in [0.15, 0.2) is 0 Å². The molecular weight excluding hydrogens is 288 g/mol. The maximum atomic E-state index is 12.3. The Bertz CT molecular complexity index is 587. The predicted octanol–water partition coefficient (Wildman–Crippen LogP) is 2.36. The number of carbonyl (C=O) groups is 1. The Kier molecular flexibility index (Phi) is 6.78. The van der Waals surface area contributed by atoms with Crippen LogP contribution in [0.3, 0.4) is 0 Å². The van der Waals surface area contributed by atoms with Gasteiger partial charge >= 0.3 is 0 Å². The molecule has 0 fully saturated rings. The van der Waals surface area contributed by atoms with Gasteiger partial charge in [0.25, 0.3) is 0 Å². The summed E-state index contributed by atoms with van der Waals surface area (Å²) < 4.78 is 0. The van der Waals surface area contributed by atoms with E-state index in [9.17, 15) is 9.90 Å². The number of aliphatic hydroxyl groups excluding tert-OH is 1. The lowest BCUT2D eigenvalue weighted by molar-refractivity contribution is -0.123. The Morgan fingerprint density at radius 3 is 2.30 bits per heavy atom. The molecule has 0 heterocycles. The van der Waals surface area contributed by atoms with Crippen LogP contribution in [0.1, 0.15) is 24.1 Å². The zero-order chi connectivity index (χ0) is 16.5. The van der Waals surface area contributed by atoms with E-state index in [4.69, 9.17) is 0 Å². The Balaban J connectivity index is 1.90. The number of rotatable bonds is 8. The minimum Gasteiger partial charge on any atom is -0.395 e. The molecule has 2 aromatic carbocycles. The first-order valence-corrected chi connectivity index (χ1v) is 7.90. The van der Waals surface area contributed by atoms with Crippen LogP contribution in [0.4, 0.5) is 0 Å². The van der Waals surface area contributed by atoms with Crippen LogP contribution in [0.15, 0.2) is 60.7 Å². The zero-order valence-electron chi connectivity index (χ0n) is 13.5. The van der Waals surface area contributed by atoms with Gasteiger partial charge < -0.3 is 10.4 Å². The van der Waals surface area contributed by atoms with Gasteiger partial charge in [-0.25, -0.2) is 0 Å². The van der Waals surface area contributed by atoms with E-state index >= 15 is 0 Å². The lowest BCUT2D eigenvalue weighted by Gasteiger charge is -2.22. The smallest absolute Gasteiger partial charge is 0.234 e. The molecule has 1 atom stereocenters. The third-order valence-corrected chi connectivity index (χ3v) is 3.71. The second-order valence-electron chi connectivity index (χ2n) is 5.62. The highest BCUT2D eigenvalue weighted by atomic mass is 16.3. The summed E-state index contributed by atoms with van der Waals surface area (Å²) in [7, 11) is 0. The molecule has 0 saturated carbocycles. The summed E-state index contributed by atoms with van der Waals surface area (Å²) in [6, 6.07) is 19.8. The van der Waals surface area contributed by atoms with Crippen LogP contribution < -0.4 is 5.32 Å². The standard InChI is InChI=1S/C19H24N2O2/c1-16(18-10-6-3-7-11-18)20-19(23)15-21(12-13-22)14-17-8-4-2-5-9-17/h2-11,16,22H,12-15H2,1H3,(H,20,23). The maximum Gasteiger partial charge on any atom is 0.234 e. The van der Waals surface area contributed by atoms with Crippen LogP contribution in [-0.4, -0.2) is 35.6 Å². The molecule has 122 valence electrons.